The fourth-order valence-electron chi connectivity index (χ4n) is 3.54. The van der Waals surface area contributed by atoms with Crippen LogP contribution in [-0.4, -0.2) is 59.3 Å². The fraction of sp³-hybridized carbons (Fsp3) is 0.348. The van der Waals surface area contributed by atoms with Crippen LogP contribution in [0.25, 0.3) is 22.0 Å². The monoisotopic (exact) mass is 488 g/mol. The van der Waals surface area contributed by atoms with Gasteiger partial charge in [0.2, 0.25) is 0 Å². The summed E-state index contributed by atoms with van der Waals surface area (Å²) < 4.78 is 23.7. The molecule has 11 heteroatoms. The van der Waals surface area contributed by atoms with Crippen molar-refractivity contribution in [3.63, 3.8) is 0 Å². The van der Waals surface area contributed by atoms with Crippen molar-refractivity contribution in [1.82, 2.24) is 20.1 Å². The zero-order valence-electron chi connectivity index (χ0n) is 19.5. The highest BCUT2D eigenvalue weighted by Gasteiger charge is 2.43. The Bertz CT molecular complexity index is 1350. The lowest BCUT2D eigenvalue weighted by atomic mass is 10.0. The predicted octanol–water partition coefficient (Wildman–Crippen LogP) is 1.76. The number of hydrogen-bond donors (Lipinski definition) is 2. The molecule has 0 radical (unpaired) electrons. The smallest absolute Gasteiger partial charge is 0.264 e. The Kier molecular flexibility index (Phi) is 7.51. The molecule has 0 bridgehead atoms. The van der Waals surface area contributed by atoms with Crippen LogP contribution in [0, 0.1) is 0 Å². The summed E-state index contributed by atoms with van der Waals surface area (Å²) in [6, 6.07) is 13.3. The minimum absolute atomic E-state index is 0.0715. The van der Waals surface area contributed by atoms with E-state index in [-0.39, 0.29) is 18.5 Å². The van der Waals surface area contributed by atoms with Crippen LogP contribution < -0.4 is 11.0 Å². The number of carbonyl (C=O) groups excluding carboxylic acids is 1. The second-order valence-electron chi connectivity index (χ2n) is 8.33. The molecule has 1 aromatic heterocycles. The van der Waals surface area contributed by atoms with E-state index >= 15 is 0 Å². The van der Waals surface area contributed by atoms with Crippen molar-refractivity contribution in [3.05, 3.63) is 64.7 Å². The summed E-state index contributed by atoms with van der Waals surface area (Å²) in [6.45, 7) is 1.78. The first-order valence-corrected chi connectivity index (χ1v) is 12.4. The van der Waals surface area contributed by atoms with Crippen molar-refractivity contribution < 1.29 is 23.3 Å². The third-order valence-electron chi connectivity index (χ3n) is 6.06. The summed E-state index contributed by atoms with van der Waals surface area (Å²) in [5.41, 5.74) is 4.50. The van der Waals surface area contributed by atoms with Crippen molar-refractivity contribution in [2.24, 2.45) is 0 Å². The molecule has 3 rings (SSSR count). The maximum Gasteiger partial charge on any atom is 0.264 e. The maximum atomic E-state index is 13.0. The number of benzene rings is 2. The number of nitrogens with one attached hydrogen (secondary N) is 1. The minimum Gasteiger partial charge on any atom is -0.302 e. The van der Waals surface area contributed by atoms with Crippen LogP contribution >= 0.6 is 0 Å². The Morgan fingerprint density at radius 1 is 1.21 bits per heavy atom. The number of fused-ring (bicyclic) bond motifs is 1. The summed E-state index contributed by atoms with van der Waals surface area (Å²) in [6.07, 6.45) is 2.03. The molecule has 0 unspecified atom stereocenters. The number of aryl methyl sites for hydroxylation is 1. The summed E-state index contributed by atoms with van der Waals surface area (Å²) >= 11 is 0. The van der Waals surface area contributed by atoms with Crippen LogP contribution in [0.3, 0.4) is 0 Å². The second kappa shape index (κ2) is 10.0. The predicted molar refractivity (Wildman–Crippen MR) is 128 cm³/mol. The van der Waals surface area contributed by atoms with Gasteiger partial charge in [-0.25, -0.2) is 18.9 Å². The van der Waals surface area contributed by atoms with E-state index in [4.69, 9.17) is 10.0 Å². The third kappa shape index (κ3) is 5.17. The number of nitrogens with zero attached hydrogens (tertiary/aromatic N) is 3. The third-order valence-corrected chi connectivity index (χ3v) is 8.09. The second-order valence-corrected chi connectivity index (χ2v) is 10.8. The fourth-order valence-corrected chi connectivity index (χ4v) is 4.39. The highest BCUT2D eigenvalue weighted by Crippen LogP contribution is 2.24. The lowest BCUT2D eigenvalue weighted by Gasteiger charge is -2.25. The molecule has 0 aliphatic heterocycles. The molecular formula is C23H28N4O6S. The Labute approximate surface area is 197 Å². The molecule has 10 nitrogen and oxygen atoms in total. The Hall–Kier alpha value is -3.12. The molecule has 0 aliphatic rings. The average Bonchev–Trinajstić information content (AvgIpc) is 2.82. The van der Waals surface area contributed by atoms with Gasteiger partial charge in [0, 0.05) is 26.4 Å². The van der Waals surface area contributed by atoms with Gasteiger partial charge in [0.15, 0.2) is 14.6 Å². The van der Waals surface area contributed by atoms with Crippen LogP contribution in [0.15, 0.2) is 53.6 Å². The lowest BCUT2D eigenvalue weighted by molar-refractivity contribution is -0.131. The Morgan fingerprint density at radius 2 is 1.85 bits per heavy atom. The van der Waals surface area contributed by atoms with Gasteiger partial charge in [-0.05, 0) is 42.2 Å². The van der Waals surface area contributed by atoms with E-state index in [1.807, 2.05) is 43.4 Å². The summed E-state index contributed by atoms with van der Waals surface area (Å²) in [4.78, 5) is 34.5. The molecule has 1 heterocycles. The quantitative estimate of drug-likeness (QED) is 0.344. The van der Waals surface area contributed by atoms with Crippen molar-refractivity contribution in [3.8, 4) is 11.1 Å². The largest absolute Gasteiger partial charge is 0.302 e. The molecule has 0 fully saturated rings. The lowest BCUT2D eigenvalue weighted by Crippen LogP contribution is -2.50. The number of rotatable bonds is 9. The number of carbonyl (C=O) groups is 1. The SMILES string of the molecule is CON(C)Cc1ccc(-c2ccc3c(=O)n(CC[C@@](C)(C(=O)NO)S(C)(=O)=O)cnc3c2)cc1. The molecule has 0 spiro atoms. The first-order valence-electron chi connectivity index (χ1n) is 10.5. The van der Waals surface area contributed by atoms with Gasteiger partial charge in [-0.3, -0.25) is 19.4 Å². The van der Waals surface area contributed by atoms with Crippen LogP contribution in [0.4, 0.5) is 0 Å². The zero-order chi connectivity index (χ0) is 25.1. The molecule has 3 aromatic rings. The van der Waals surface area contributed by atoms with Crippen LogP contribution in [0.1, 0.15) is 18.9 Å². The van der Waals surface area contributed by atoms with Gasteiger partial charge in [-0.2, -0.15) is 5.06 Å². The molecule has 0 saturated carbocycles. The van der Waals surface area contributed by atoms with E-state index in [1.165, 1.54) is 23.3 Å². The number of aromatic nitrogens is 2. The number of sulfone groups is 1. The first-order chi connectivity index (χ1) is 16.0. The van der Waals surface area contributed by atoms with Gasteiger partial charge in [0.1, 0.15) is 0 Å². The van der Waals surface area contributed by atoms with Gasteiger partial charge in [-0.15, -0.1) is 0 Å². The maximum absolute atomic E-state index is 13.0. The van der Waals surface area contributed by atoms with Crippen LogP contribution in [0.5, 0.6) is 0 Å². The standard InChI is InChI=1S/C23H28N4O6S/c1-23(22(29)25-30,34(4,31)32)11-12-27-15-24-20-13-18(9-10-19(20)21(27)28)17-7-5-16(6-8-17)14-26(2)33-3/h5-10,13,15,30H,11-12,14H2,1-4H3,(H,25,29)/t23-/m0/s1. The minimum atomic E-state index is -3.87. The van der Waals surface area contributed by atoms with Crippen molar-refractivity contribution in [1.29, 1.82) is 0 Å². The van der Waals surface area contributed by atoms with Crippen molar-refractivity contribution in [2.45, 2.75) is 31.2 Å². The summed E-state index contributed by atoms with van der Waals surface area (Å²) in [7, 11) is -0.409. The summed E-state index contributed by atoms with van der Waals surface area (Å²) in [5.74, 6) is -1.05. The number of hydroxylamine groups is 3. The van der Waals surface area contributed by atoms with Crippen LogP contribution in [-0.2, 0) is 32.6 Å². The van der Waals surface area contributed by atoms with Crippen molar-refractivity contribution >= 4 is 26.6 Å². The number of hydrogen-bond acceptors (Lipinski definition) is 8. The van der Waals surface area contributed by atoms with Gasteiger partial charge >= 0.3 is 0 Å². The van der Waals surface area contributed by atoms with E-state index in [0.717, 1.165) is 22.9 Å². The van der Waals surface area contributed by atoms with E-state index in [0.29, 0.717) is 17.4 Å². The molecule has 1 atom stereocenters. The highest BCUT2D eigenvalue weighted by atomic mass is 32.2. The van der Waals surface area contributed by atoms with E-state index < -0.39 is 20.5 Å². The van der Waals surface area contributed by atoms with Crippen molar-refractivity contribution in [2.75, 3.05) is 20.4 Å². The Balaban J connectivity index is 1.86. The van der Waals surface area contributed by atoms with E-state index in [1.54, 1.807) is 18.2 Å². The van der Waals surface area contributed by atoms with E-state index in [9.17, 15) is 18.0 Å². The summed E-state index contributed by atoms with van der Waals surface area (Å²) in [5, 5.41) is 11.0. The molecule has 34 heavy (non-hydrogen) atoms. The highest BCUT2D eigenvalue weighted by molar-refractivity contribution is 7.92. The molecule has 2 aromatic carbocycles. The molecular weight excluding hydrogens is 460 g/mol. The zero-order valence-corrected chi connectivity index (χ0v) is 20.3. The molecule has 2 N–H and O–H groups in total. The van der Waals surface area contributed by atoms with Gasteiger partial charge in [0.05, 0.1) is 24.3 Å². The molecule has 0 aliphatic carbocycles. The average molecular weight is 489 g/mol. The molecule has 1 amide bonds. The van der Waals surface area contributed by atoms with E-state index in [2.05, 4.69) is 4.98 Å². The van der Waals surface area contributed by atoms with Gasteiger partial charge in [0.25, 0.3) is 11.5 Å². The molecule has 182 valence electrons. The first kappa shape index (κ1) is 25.5. The van der Waals surface area contributed by atoms with Gasteiger partial charge in [-0.1, -0.05) is 30.3 Å². The number of amides is 1. The van der Waals surface area contributed by atoms with Gasteiger partial charge < -0.3 is 4.84 Å². The topological polar surface area (TPSA) is 131 Å². The van der Waals surface area contributed by atoms with Crippen LogP contribution in [0.2, 0.25) is 0 Å². The molecule has 0 saturated heterocycles. The Morgan fingerprint density at radius 3 is 2.44 bits per heavy atom. The normalized spacial score (nSPS) is 13.7.